The van der Waals surface area contributed by atoms with Gasteiger partial charge in [0.05, 0.1) is 36.3 Å². The van der Waals surface area contributed by atoms with Gasteiger partial charge in [-0.1, -0.05) is 6.07 Å². The van der Waals surface area contributed by atoms with E-state index in [2.05, 4.69) is 21.9 Å². The summed E-state index contributed by atoms with van der Waals surface area (Å²) in [5.41, 5.74) is 3.40. The largest absolute Gasteiger partial charge is 0.491 e. The summed E-state index contributed by atoms with van der Waals surface area (Å²) in [4.78, 5) is 9.30. The van der Waals surface area contributed by atoms with Gasteiger partial charge in [-0.05, 0) is 67.9 Å². The fraction of sp³-hybridized carbons (Fsp3) is 0.600. The van der Waals surface area contributed by atoms with Gasteiger partial charge >= 0.3 is 0 Å². The van der Waals surface area contributed by atoms with Crippen molar-refractivity contribution in [3.05, 3.63) is 53.5 Å². The topological polar surface area (TPSA) is 55.6 Å². The van der Waals surface area contributed by atoms with Gasteiger partial charge in [0, 0.05) is 50.6 Å². The number of hydrogen-bond donors (Lipinski definition) is 0. The molecule has 4 aliphatic rings. The highest BCUT2D eigenvalue weighted by molar-refractivity contribution is 5.84. The summed E-state index contributed by atoms with van der Waals surface area (Å²) in [6.07, 6.45) is 9.13. The standard InChI is InChI=1S/C30H37F2N5O2/c31-15-21-18-35(19-21)12-14-38-22-4-6-26(33-16-22)29-24-5-7-27-25(17-34-37(27)28-3-1-2-13-39-28)23(24)8-11-36(29)20-30(32)9-10-30/h4-7,16-17,21,28-29H,1-3,8-15,18-20H2. The third-order valence-electron chi connectivity index (χ3n) is 8.91. The molecule has 39 heavy (non-hydrogen) atoms. The lowest BCUT2D eigenvalue weighted by molar-refractivity contribution is -0.0366. The van der Waals surface area contributed by atoms with Gasteiger partial charge in [-0.15, -0.1) is 0 Å². The Kier molecular flexibility index (Phi) is 6.77. The molecule has 3 fully saturated rings. The van der Waals surface area contributed by atoms with Gasteiger partial charge in [0.25, 0.3) is 0 Å². The Morgan fingerprint density at radius 3 is 2.74 bits per heavy atom. The van der Waals surface area contributed by atoms with Crippen LogP contribution in [0.3, 0.4) is 0 Å². The molecule has 2 atom stereocenters. The molecule has 7 nitrogen and oxygen atoms in total. The summed E-state index contributed by atoms with van der Waals surface area (Å²) in [5, 5.41) is 5.91. The maximum Gasteiger partial charge on any atom is 0.150 e. The van der Waals surface area contributed by atoms with Crippen molar-refractivity contribution in [2.45, 2.75) is 56.5 Å². The van der Waals surface area contributed by atoms with E-state index in [4.69, 9.17) is 19.6 Å². The quantitative estimate of drug-likeness (QED) is 0.389. The van der Waals surface area contributed by atoms with Gasteiger partial charge in [0.2, 0.25) is 0 Å². The molecule has 208 valence electrons. The van der Waals surface area contributed by atoms with Crippen molar-refractivity contribution in [1.82, 2.24) is 24.6 Å². The van der Waals surface area contributed by atoms with E-state index in [1.54, 1.807) is 6.20 Å². The molecule has 3 aliphatic heterocycles. The second-order valence-electron chi connectivity index (χ2n) is 11.8. The van der Waals surface area contributed by atoms with Crippen LogP contribution in [0.4, 0.5) is 8.78 Å². The van der Waals surface area contributed by atoms with Crippen LogP contribution in [-0.2, 0) is 11.2 Å². The maximum absolute atomic E-state index is 15.0. The lowest BCUT2D eigenvalue weighted by Crippen LogP contribution is -2.49. The minimum absolute atomic E-state index is 0.00752. The number of aromatic nitrogens is 3. The summed E-state index contributed by atoms with van der Waals surface area (Å²) in [5.74, 6) is 0.903. The number of fused-ring (bicyclic) bond motifs is 3. The highest BCUT2D eigenvalue weighted by Gasteiger charge is 2.47. The average molecular weight is 538 g/mol. The molecule has 0 N–H and O–H groups in total. The zero-order valence-corrected chi connectivity index (χ0v) is 22.4. The van der Waals surface area contributed by atoms with Gasteiger partial charge < -0.3 is 9.47 Å². The number of alkyl halides is 2. The van der Waals surface area contributed by atoms with Crippen molar-refractivity contribution >= 4 is 10.9 Å². The number of rotatable bonds is 9. The summed E-state index contributed by atoms with van der Waals surface area (Å²) in [6, 6.07) is 8.21. The normalized spacial score (nSPS) is 25.4. The van der Waals surface area contributed by atoms with Crippen LogP contribution in [0.1, 0.15) is 61.2 Å². The first-order valence-electron chi connectivity index (χ1n) is 14.5. The Labute approximate surface area is 228 Å². The highest BCUT2D eigenvalue weighted by atomic mass is 19.1. The first-order valence-corrected chi connectivity index (χ1v) is 14.5. The molecule has 3 aromatic rings. The van der Waals surface area contributed by atoms with Crippen molar-refractivity contribution in [1.29, 1.82) is 0 Å². The third kappa shape index (κ3) is 5.05. The molecule has 1 aromatic carbocycles. The summed E-state index contributed by atoms with van der Waals surface area (Å²) in [7, 11) is 0. The fourth-order valence-corrected chi connectivity index (χ4v) is 6.52. The van der Waals surface area contributed by atoms with Crippen molar-refractivity contribution in [2.24, 2.45) is 5.92 Å². The van der Waals surface area contributed by atoms with Crippen LogP contribution in [0, 0.1) is 5.92 Å². The molecule has 9 heteroatoms. The zero-order chi connectivity index (χ0) is 26.4. The lowest BCUT2D eigenvalue weighted by atomic mass is 9.88. The highest BCUT2D eigenvalue weighted by Crippen LogP contribution is 2.45. The Hall–Kier alpha value is -2.62. The predicted molar refractivity (Wildman–Crippen MR) is 144 cm³/mol. The van der Waals surface area contributed by atoms with Gasteiger partial charge in [0.1, 0.15) is 18.0 Å². The van der Waals surface area contributed by atoms with Crippen molar-refractivity contribution in [2.75, 3.05) is 52.6 Å². The first-order chi connectivity index (χ1) is 19.1. The molecular formula is C30H37F2N5O2. The first kappa shape index (κ1) is 25.4. The predicted octanol–water partition coefficient (Wildman–Crippen LogP) is 4.86. The summed E-state index contributed by atoms with van der Waals surface area (Å²) < 4.78 is 41.7. The molecule has 0 radical (unpaired) electrons. The van der Waals surface area contributed by atoms with Crippen LogP contribution < -0.4 is 4.74 Å². The molecule has 2 unspecified atom stereocenters. The van der Waals surface area contributed by atoms with E-state index in [0.717, 1.165) is 80.8 Å². The van der Waals surface area contributed by atoms with Gasteiger partial charge in [-0.3, -0.25) is 19.2 Å². The smallest absolute Gasteiger partial charge is 0.150 e. The summed E-state index contributed by atoms with van der Waals surface area (Å²) >= 11 is 0. The van der Waals surface area contributed by atoms with Crippen LogP contribution in [-0.4, -0.2) is 82.8 Å². The molecule has 1 saturated carbocycles. The molecular weight excluding hydrogens is 500 g/mol. The van der Waals surface area contributed by atoms with Crippen molar-refractivity contribution < 1.29 is 18.3 Å². The third-order valence-corrected chi connectivity index (χ3v) is 8.91. The summed E-state index contributed by atoms with van der Waals surface area (Å²) in [6.45, 7) is 4.71. The molecule has 1 aliphatic carbocycles. The number of ether oxygens (including phenoxy) is 2. The number of nitrogens with zero attached hydrogens (tertiary/aromatic N) is 5. The fourth-order valence-electron chi connectivity index (χ4n) is 6.52. The second kappa shape index (κ2) is 10.4. The van der Waals surface area contributed by atoms with Crippen molar-refractivity contribution in [3.8, 4) is 5.75 Å². The van der Waals surface area contributed by atoms with Gasteiger partial charge in [-0.25, -0.2) is 9.07 Å². The lowest BCUT2D eigenvalue weighted by Gasteiger charge is -2.38. The van der Waals surface area contributed by atoms with Crippen LogP contribution in [0.25, 0.3) is 10.9 Å². The molecule has 2 saturated heterocycles. The average Bonchev–Trinajstić information content (AvgIpc) is 3.50. The van der Waals surface area contributed by atoms with E-state index in [9.17, 15) is 4.39 Å². The van der Waals surface area contributed by atoms with E-state index in [0.29, 0.717) is 26.0 Å². The number of hydrogen-bond acceptors (Lipinski definition) is 6. The number of benzene rings is 1. The molecule has 2 aromatic heterocycles. The van der Waals surface area contributed by atoms with E-state index < -0.39 is 5.67 Å². The monoisotopic (exact) mass is 537 g/mol. The minimum atomic E-state index is -1.08. The molecule has 0 bridgehead atoms. The van der Waals surface area contributed by atoms with Crippen LogP contribution in [0.5, 0.6) is 5.75 Å². The number of pyridine rings is 1. The SMILES string of the molecule is FCC1CN(CCOc2ccc(C3c4ccc5c(cnn5C5CCCCO5)c4CCN3CC3(F)CC3)nc2)C1. The van der Waals surface area contributed by atoms with Gasteiger partial charge in [-0.2, -0.15) is 5.10 Å². The van der Waals surface area contributed by atoms with E-state index >= 15 is 4.39 Å². The molecule has 7 rings (SSSR count). The number of halogens is 2. The Morgan fingerprint density at radius 1 is 1.10 bits per heavy atom. The number of likely N-dealkylation sites (tertiary alicyclic amines) is 1. The maximum atomic E-state index is 15.0. The van der Waals surface area contributed by atoms with E-state index in [1.807, 2.05) is 23.0 Å². The molecule has 0 spiro atoms. The Bertz CT molecular complexity index is 1300. The molecule has 0 amide bonds. The minimum Gasteiger partial charge on any atom is -0.491 e. The zero-order valence-electron chi connectivity index (χ0n) is 22.4. The second-order valence-corrected chi connectivity index (χ2v) is 11.8. The van der Waals surface area contributed by atoms with Gasteiger partial charge in [0.15, 0.2) is 6.23 Å². The molecule has 5 heterocycles. The van der Waals surface area contributed by atoms with E-state index in [1.165, 1.54) is 11.1 Å². The van der Waals surface area contributed by atoms with Crippen LogP contribution in [0.2, 0.25) is 0 Å². The van der Waals surface area contributed by atoms with Crippen LogP contribution in [0.15, 0.2) is 36.7 Å². The van der Waals surface area contributed by atoms with Crippen molar-refractivity contribution in [3.63, 3.8) is 0 Å². The van der Waals surface area contributed by atoms with E-state index in [-0.39, 0.29) is 24.9 Å². The Balaban J connectivity index is 1.13. The Morgan fingerprint density at radius 2 is 2.00 bits per heavy atom. The van der Waals surface area contributed by atoms with Crippen LogP contribution >= 0.6 is 0 Å².